The first-order valence-electron chi connectivity index (χ1n) is 6.41. The van der Waals surface area contributed by atoms with Gasteiger partial charge in [-0.25, -0.2) is 4.98 Å². The van der Waals surface area contributed by atoms with Gasteiger partial charge in [-0.15, -0.1) is 0 Å². The summed E-state index contributed by atoms with van der Waals surface area (Å²) in [5, 5.41) is 0.760. The molecule has 0 bridgehead atoms. The Morgan fingerprint density at radius 1 is 1.21 bits per heavy atom. The molecular formula is C16H17NOS. The first kappa shape index (κ1) is 13.8. The van der Waals surface area contributed by atoms with Gasteiger partial charge in [0.15, 0.2) is 5.78 Å². The molecule has 0 radical (unpaired) electrons. The Morgan fingerprint density at radius 3 is 2.53 bits per heavy atom. The van der Waals surface area contributed by atoms with E-state index < -0.39 is 0 Å². The van der Waals surface area contributed by atoms with E-state index in [2.05, 4.69) is 11.9 Å². The number of nitrogens with zero attached hydrogens (tertiary/aromatic N) is 1. The van der Waals surface area contributed by atoms with E-state index in [4.69, 9.17) is 0 Å². The number of benzene rings is 1. The van der Waals surface area contributed by atoms with Crippen LogP contribution in [-0.2, 0) is 6.42 Å². The summed E-state index contributed by atoms with van der Waals surface area (Å²) in [6, 6.07) is 13.6. The zero-order valence-electron chi connectivity index (χ0n) is 11.2. The van der Waals surface area contributed by atoms with E-state index >= 15 is 0 Å². The maximum Gasteiger partial charge on any atom is 0.175 e. The average Bonchev–Trinajstić information content (AvgIpc) is 2.47. The van der Waals surface area contributed by atoms with Crippen molar-refractivity contribution in [1.29, 1.82) is 0 Å². The van der Waals surface area contributed by atoms with Crippen LogP contribution in [0.1, 0.15) is 29.8 Å². The van der Waals surface area contributed by atoms with E-state index in [1.165, 1.54) is 17.3 Å². The van der Waals surface area contributed by atoms with Crippen LogP contribution < -0.4 is 0 Å². The number of hydrogen-bond acceptors (Lipinski definition) is 3. The molecular weight excluding hydrogens is 254 g/mol. The van der Waals surface area contributed by atoms with Crippen molar-refractivity contribution < 1.29 is 4.79 Å². The minimum absolute atomic E-state index is 0.123. The smallest absolute Gasteiger partial charge is 0.175 e. The Balaban J connectivity index is 2.06. The van der Waals surface area contributed by atoms with Gasteiger partial charge in [0.25, 0.3) is 0 Å². The highest BCUT2D eigenvalue weighted by atomic mass is 32.2. The SMILES string of the molecule is CCc1ccc(C(=O)C(C)Sc2ccccn2)cc1. The normalized spacial score (nSPS) is 12.1. The van der Waals surface area contributed by atoms with Gasteiger partial charge >= 0.3 is 0 Å². The molecule has 0 amide bonds. The lowest BCUT2D eigenvalue weighted by molar-refractivity contribution is 0.0994. The third kappa shape index (κ3) is 3.67. The highest BCUT2D eigenvalue weighted by Gasteiger charge is 2.16. The fourth-order valence-electron chi connectivity index (χ4n) is 1.79. The van der Waals surface area contributed by atoms with Gasteiger partial charge < -0.3 is 0 Å². The zero-order valence-corrected chi connectivity index (χ0v) is 12.0. The highest BCUT2D eigenvalue weighted by molar-refractivity contribution is 8.00. The number of pyridine rings is 1. The number of carbonyl (C=O) groups is 1. The Labute approximate surface area is 118 Å². The van der Waals surface area contributed by atoms with Crippen molar-refractivity contribution in [2.45, 2.75) is 30.5 Å². The monoisotopic (exact) mass is 271 g/mol. The molecule has 0 aliphatic carbocycles. The van der Waals surface area contributed by atoms with E-state index in [1.54, 1.807) is 6.20 Å². The second kappa shape index (κ2) is 6.53. The molecule has 1 aromatic heterocycles. The minimum Gasteiger partial charge on any atom is -0.293 e. The topological polar surface area (TPSA) is 30.0 Å². The summed E-state index contributed by atoms with van der Waals surface area (Å²) in [6.07, 6.45) is 2.74. The van der Waals surface area contributed by atoms with Gasteiger partial charge in [0, 0.05) is 11.8 Å². The maximum absolute atomic E-state index is 12.3. The van der Waals surface area contributed by atoms with Crippen LogP contribution in [0.25, 0.3) is 0 Å². The van der Waals surface area contributed by atoms with Crippen molar-refractivity contribution in [3.8, 4) is 0 Å². The molecule has 0 saturated heterocycles. The van der Waals surface area contributed by atoms with Gasteiger partial charge in [-0.3, -0.25) is 4.79 Å². The molecule has 2 rings (SSSR count). The van der Waals surface area contributed by atoms with E-state index in [0.717, 1.165) is 17.0 Å². The third-order valence-corrected chi connectivity index (χ3v) is 4.00. The van der Waals surface area contributed by atoms with Gasteiger partial charge in [-0.1, -0.05) is 49.0 Å². The standard InChI is InChI=1S/C16H17NOS/c1-3-13-7-9-14(10-8-13)16(18)12(2)19-15-6-4-5-11-17-15/h4-12H,3H2,1-2H3. The van der Waals surface area contributed by atoms with Gasteiger partial charge in [0.1, 0.15) is 0 Å². The lowest BCUT2D eigenvalue weighted by atomic mass is 10.1. The Kier molecular flexibility index (Phi) is 4.74. The number of aryl methyl sites for hydroxylation is 1. The molecule has 98 valence electrons. The van der Waals surface area contributed by atoms with Crippen molar-refractivity contribution in [1.82, 2.24) is 4.98 Å². The maximum atomic E-state index is 12.3. The molecule has 19 heavy (non-hydrogen) atoms. The fraction of sp³-hybridized carbons (Fsp3) is 0.250. The molecule has 2 aromatic rings. The number of ketones is 1. The second-order valence-corrected chi connectivity index (χ2v) is 5.70. The van der Waals surface area contributed by atoms with Gasteiger partial charge in [-0.2, -0.15) is 0 Å². The largest absolute Gasteiger partial charge is 0.293 e. The molecule has 0 aliphatic rings. The lowest BCUT2D eigenvalue weighted by Crippen LogP contribution is -2.13. The van der Waals surface area contributed by atoms with Crippen molar-refractivity contribution in [2.24, 2.45) is 0 Å². The molecule has 3 heteroatoms. The van der Waals surface area contributed by atoms with Crippen LogP contribution in [0.4, 0.5) is 0 Å². The highest BCUT2D eigenvalue weighted by Crippen LogP contribution is 2.23. The van der Waals surface area contributed by atoms with Crippen LogP contribution in [0.15, 0.2) is 53.7 Å². The minimum atomic E-state index is -0.123. The van der Waals surface area contributed by atoms with Crippen molar-refractivity contribution in [2.75, 3.05) is 0 Å². The van der Waals surface area contributed by atoms with Gasteiger partial charge in [0.2, 0.25) is 0 Å². The predicted octanol–water partition coefficient (Wildman–Crippen LogP) is 4.01. The predicted molar refractivity (Wildman–Crippen MR) is 79.7 cm³/mol. The zero-order chi connectivity index (χ0) is 13.7. The quantitative estimate of drug-likeness (QED) is 0.608. The number of hydrogen-bond donors (Lipinski definition) is 0. The molecule has 1 heterocycles. The Morgan fingerprint density at radius 2 is 1.95 bits per heavy atom. The number of thioether (sulfide) groups is 1. The molecule has 0 spiro atoms. The second-order valence-electron chi connectivity index (χ2n) is 4.34. The summed E-state index contributed by atoms with van der Waals surface area (Å²) in [7, 11) is 0. The number of Topliss-reactive ketones (excluding diaryl/α,β-unsaturated/α-hetero) is 1. The molecule has 0 aliphatic heterocycles. The van der Waals surface area contributed by atoms with Crippen molar-refractivity contribution >= 4 is 17.5 Å². The van der Waals surface area contributed by atoms with Crippen molar-refractivity contribution in [3.63, 3.8) is 0 Å². The summed E-state index contributed by atoms with van der Waals surface area (Å²) in [5.41, 5.74) is 2.02. The van der Waals surface area contributed by atoms with E-state index in [0.29, 0.717) is 0 Å². The molecule has 1 aromatic carbocycles. The van der Waals surface area contributed by atoms with E-state index in [9.17, 15) is 4.79 Å². The lowest BCUT2D eigenvalue weighted by Gasteiger charge is -2.10. The number of carbonyl (C=O) groups excluding carboxylic acids is 1. The van der Waals surface area contributed by atoms with Crippen LogP contribution in [0.2, 0.25) is 0 Å². The number of rotatable bonds is 5. The molecule has 1 atom stereocenters. The van der Waals surface area contributed by atoms with Gasteiger partial charge in [-0.05, 0) is 31.0 Å². The first-order chi connectivity index (χ1) is 9.20. The molecule has 0 N–H and O–H groups in total. The Bertz CT molecular complexity index is 536. The van der Waals surface area contributed by atoms with Crippen molar-refractivity contribution in [3.05, 3.63) is 59.8 Å². The molecule has 0 saturated carbocycles. The van der Waals surface area contributed by atoms with Crippen LogP contribution in [0, 0.1) is 0 Å². The summed E-state index contributed by atoms with van der Waals surface area (Å²) in [5.74, 6) is 0.151. The molecule has 2 nitrogen and oxygen atoms in total. The third-order valence-electron chi connectivity index (χ3n) is 2.95. The van der Waals surface area contributed by atoms with Crippen LogP contribution in [-0.4, -0.2) is 16.0 Å². The van der Waals surface area contributed by atoms with Crippen LogP contribution in [0.3, 0.4) is 0 Å². The molecule has 0 fully saturated rings. The summed E-state index contributed by atoms with van der Waals surface area (Å²) in [4.78, 5) is 16.5. The molecule has 1 unspecified atom stereocenters. The summed E-state index contributed by atoms with van der Waals surface area (Å²) in [6.45, 7) is 4.03. The van der Waals surface area contributed by atoms with Crippen LogP contribution >= 0.6 is 11.8 Å². The van der Waals surface area contributed by atoms with E-state index in [1.807, 2.05) is 49.4 Å². The first-order valence-corrected chi connectivity index (χ1v) is 7.29. The fourth-order valence-corrected chi connectivity index (χ4v) is 2.68. The summed E-state index contributed by atoms with van der Waals surface area (Å²) < 4.78 is 0. The number of aromatic nitrogens is 1. The van der Waals surface area contributed by atoms with Crippen LogP contribution in [0.5, 0.6) is 0 Å². The van der Waals surface area contributed by atoms with E-state index in [-0.39, 0.29) is 11.0 Å². The summed E-state index contributed by atoms with van der Waals surface area (Å²) >= 11 is 1.50. The van der Waals surface area contributed by atoms with Gasteiger partial charge in [0.05, 0.1) is 10.3 Å². The Hall–Kier alpha value is -1.61. The average molecular weight is 271 g/mol.